The molecule has 2 aromatic rings. The largest absolute Gasteiger partial charge is 0.287 e. The van der Waals surface area contributed by atoms with Crippen molar-refractivity contribution in [1.29, 1.82) is 0 Å². The second kappa shape index (κ2) is 4.67. The molecule has 0 aliphatic carbocycles. The molecule has 0 atom stereocenters. The van der Waals surface area contributed by atoms with Crippen LogP contribution in [-0.2, 0) is 0 Å². The maximum absolute atomic E-state index is 12.2. The fraction of sp³-hybridized carbons (Fsp3) is 0.231. The number of carbonyl (C=O) groups is 1. The number of rotatable bonds is 2. The lowest BCUT2D eigenvalue weighted by molar-refractivity contribution is 0.0993. The summed E-state index contributed by atoms with van der Waals surface area (Å²) >= 11 is 1.54. The minimum absolute atomic E-state index is 0.0284. The lowest BCUT2D eigenvalue weighted by Gasteiger charge is -2.13. The van der Waals surface area contributed by atoms with Crippen molar-refractivity contribution in [2.24, 2.45) is 0 Å². The first-order valence-electron chi connectivity index (χ1n) is 5.36. The van der Waals surface area contributed by atoms with Crippen LogP contribution in [0.1, 0.15) is 20.9 Å². The minimum Gasteiger partial charge on any atom is -0.287 e. The van der Waals surface area contributed by atoms with Gasteiger partial charge in [-0.05, 0) is 26.0 Å². The van der Waals surface area contributed by atoms with Gasteiger partial charge in [-0.3, -0.25) is 9.69 Å². The van der Waals surface area contributed by atoms with E-state index in [4.69, 9.17) is 0 Å². The van der Waals surface area contributed by atoms with Crippen LogP contribution < -0.4 is 4.90 Å². The number of benzene rings is 1. The van der Waals surface area contributed by atoms with E-state index in [-0.39, 0.29) is 5.91 Å². The maximum Gasteiger partial charge on any atom is 0.259 e. The lowest BCUT2D eigenvalue weighted by atomic mass is 10.2. The van der Waals surface area contributed by atoms with E-state index in [1.165, 1.54) is 11.3 Å². The van der Waals surface area contributed by atoms with Gasteiger partial charge in [0.15, 0.2) is 5.13 Å². The van der Waals surface area contributed by atoms with Crippen molar-refractivity contribution in [2.75, 3.05) is 11.9 Å². The van der Waals surface area contributed by atoms with Gasteiger partial charge in [0.05, 0.1) is 5.69 Å². The Hall–Kier alpha value is -1.68. The summed E-state index contributed by atoms with van der Waals surface area (Å²) in [4.78, 5) is 19.3. The van der Waals surface area contributed by atoms with Crippen LogP contribution in [0.5, 0.6) is 0 Å². The lowest BCUT2D eigenvalue weighted by Crippen LogP contribution is -2.25. The van der Waals surface area contributed by atoms with Crippen LogP contribution in [0.15, 0.2) is 30.3 Å². The molecule has 0 aliphatic heterocycles. The van der Waals surface area contributed by atoms with Gasteiger partial charge >= 0.3 is 0 Å². The van der Waals surface area contributed by atoms with Crippen LogP contribution in [0.2, 0.25) is 0 Å². The van der Waals surface area contributed by atoms with Gasteiger partial charge in [0, 0.05) is 17.5 Å². The molecule has 88 valence electrons. The number of thiazole rings is 1. The van der Waals surface area contributed by atoms with Crippen LogP contribution in [0.3, 0.4) is 0 Å². The predicted molar refractivity (Wildman–Crippen MR) is 70.8 cm³/mol. The van der Waals surface area contributed by atoms with Crippen molar-refractivity contribution in [2.45, 2.75) is 13.8 Å². The van der Waals surface area contributed by atoms with E-state index < -0.39 is 0 Å². The molecule has 1 aromatic heterocycles. The van der Waals surface area contributed by atoms with Crippen LogP contribution in [0, 0.1) is 13.8 Å². The average Bonchev–Trinajstić information content (AvgIpc) is 2.69. The van der Waals surface area contributed by atoms with Crippen molar-refractivity contribution in [1.82, 2.24) is 4.98 Å². The van der Waals surface area contributed by atoms with E-state index in [0.29, 0.717) is 5.56 Å². The standard InChI is InChI=1S/C13H14N2OS/c1-9-10(2)17-13(14-9)15(3)12(16)11-7-5-4-6-8-11/h4-8H,1-3H3. The number of aromatic nitrogens is 1. The van der Waals surface area contributed by atoms with Crippen molar-refractivity contribution >= 4 is 22.4 Å². The molecule has 1 aromatic carbocycles. The third kappa shape index (κ3) is 2.36. The van der Waals surface area contributed by atoms with E-state index in [2.05, 4.69) is 4.98 Å². The Balaban J connectivity index is 2.26. The highest BCUT2D eigenvalue weighted by Gasteiger charge is 2.16. The summed E-state index contributed by atoms with van der Waals surface area (Å²) in [6.07, 6.45) is 0. The monoisotopic (exact) mass is 246 g/mol. The molecule has 0 N–H and O–H groups in total. The first-order valence-corrected chi connectivity index (χ1v) is 6.18. The van der Waals surface area contributed by atoms with Crippen molar-refractivity contribution in [3.8, 4) is 0 Å². The topological polar surface area (TPSA) is 33.2 Å². The summed E-state index contributed by atoms with van der Waals surface area (Å²) in [6, 6.07) is 9.24. The molecule has 1 heterocycles. The molecule has 0 unspecified atom stereocenters. The first-order chi connectivity index (χ1) is 8.09. The molecule has 3 nitrogen and oxygen atoms in total. The maximum atomic E-state index is 12.2. The molecule has 0 radical (unpaired) electrons. The van der Waals surface area contributed by atoms with E-state index in [9.17, 15) is 4.79 Å². The SMILES string of the molecule is Cc1nc(N(C)C(=O)c2ccccc2)sc1C. The van der Waals surface area contributed by atoms with Crippen LogP contribution in [0.4, 0.5) is 5.13 Å². The number of carbonyl (C=O) groups excluding carboxylic acids is 1. The summed E-state index contributed by atoms with van der Waals surface area (Å²) < 4.78 is 0. The Morgan fingerprint density at radius 2 is 1.88 bits per heavy atom. The summed E-state index contributed by atoms with van der Waals surface area (Å²) in [5.41, 5.74) is 1.67. The summed E-state index contributed by atoms with van der Waals surface area (Å²) in [7, 11) is 1.76. The molecule has 17 heavy (non-hydrogen) atoms. The van der Waals surface area contributed by atoms with Gasteiger partial charge in [-0.25, -0.2) is 4.98 Å². The molecule has 0 aliphatic rings. The van der Waals surface area contributed by atoms with Crippen LogP contribution in [-0.4, -0.2) is 17.9 Å². The van der Waals surface area contributed by atoms with Gasteiger partial charge in [-0.2, -0.15) is 0 Å². The van der Waals surface area contributed by atoms with E-state index in [1.54, 1.807) is 11.9 Å². The average molecular weight is 246 g/mol. The second-order valence-corrected chi connectivity index (χ2v) is 5.05. The highest BCUT2D eigenvalue weighted by molar-refractivity contribution is 7.15. The normalized spacial score (nSPS) is 10.3. The smallest absolute Gasteiger partial charge is 0.259 e. The van der Waals surface area contributed by atoms with Crippen molar-refractivity contribution < 1.29 is 4.79 Å². The number of anilines is 1. The quantitative estimate of drug-likeness (QED) is 0.816. The summed E-state index contributed by atoms with van der Waals surface area (Å²) in [5.74, 6) is -0.0284. The molecule has 2 rings (SSSR count). The fourth-order valence-electron chi connectivity index (χ4n) is 1.46. The molecule has 0 saturated heterocycles. The Labute approximate surface area is 105 Å². The third-order valence-electron chi connectivity index (χ3n) is 2.63. The summed E-state index contributed by atoms with van der Waals surface area (Å²) in [5, 5.41) is 0.744. The fourth-order valence-corrected chi connectivity index (χ4v) is 2.33. The Bertz CT molecular complexity index is 514. The molecular formula is C13H14N2OS. The number of amides is 1. The van der Waals surface area contributed by atoms with Crippen LogP contribution in [0.25, 0.3) is 0 Å². The molecule has 0 fully saturated rings. The molecule has 4 heteroatoms. The zero-order valence-electron chi connectivity index (χ0n) is 10.1. The van der Waals surface area contributed by atoms with Gasteiger partial charge in [-0.15, -0.1) is 11.3 Å². The number of hydrogen-bond acceptors (Lipinski definition) is 3. The molecular weight excluding hydrogens is 232 g/mol. The number of hydrogen-bond donors (Lipinski definition) is 0. The van der Waals surface area contributed by atoms with E-state index in [0.717, 1.165) is 15.7 Å². The molecule has 0 saturated carbocycles. The molecule has 1 amide bonds. The number of nitrogens with zero attached hydrogens (tertiary/aromatic N) is 2. The van der Waals surface area contributed by atoms with Crippen LogP contribution >= 0.6 is 11.3 Å². The second-order valence-electron chi connectivity index (χ2n) is 3.87. The zero-order chi connectivity index (χ0) is 12.4. The molecule has 0 bridgehead atoms. The van der Waals surface area contributed by atoms with Gasteiger partial charge in [0.1, 0.15) is 0 Å². The van der Waals surface area contributed by atoms with Gasteiger partial charge in [-0.1, -0.05) is 18.2 Å². The Morgan fingerprint density at radius 1 is 1.24 bits per heavy atom. The number of aryl methyl sites for hydroxylation is 2. The highest BCUT2D eigenvalue weighted by Crippen LogP contribution is 2.25. The third-order valence-corrected chi connectivity index (χ3v) is 3.78. The highest BCUT2D eigenvalue weighted by atomic mass is 32.1. The van der Waals surface area contributed by atoms with E-state index >= 15 is 0 Å². The summed E-state index contributed by atoms with van der Waals surface area (Å²) in [6.45, 7) is 3.97. The van der Waals surface area contributed by atoms with Crippen molar-refractivity contribution in [3.05, 3.63) is 46.5 Å². The first kappa shape index (κ1) is 11.8. The minimum atomic E-state index is -0.0284. The van der Waals surface area contributed by atoms with Gasteiger partial charge < -0.3 is 0 Å². The van der Waals surface area contributed by atoms with Crippen molar-refractivity contribution in [3.63, 3.8) is 0 Å². The van der Waals surface area contributed by atoms with Gasteiger partial charge in [0.2, 0.25) is 0 Å². The van der Waals surface area contributed by atoms with Gasteiger partial charge in [0.25, 0.3) is 5.91 Å². The Morgan fingerprint density at radius 3 is 2.41 bits per heavy atom. The Kier molecular flexibility index (Phi) is 3.24. The molecule has 0 spiro atoms. The van der Waals surface area contributed by atoms with E-state index in [1.807, 2.05) is 44.2 Å². The zero-order valence-corrected chi connectivity index (χ0v) is 10.9. The predicted octanol–water partition coefficient (Wildman–Crippen LogP) is 3.04.